The fourth-order valence-corrected chi connectivity index (χ4v) is 2.24. The van der Waals surface area contributed by atoms with Gasteiger partial charge in [-0.2, -0.15) is 0 Å². The number of hydrogen-bond donors (Lipinski definition) is 1. The Morgan fingerprint density at radius 1 is 1.28 bits per heavy atom. The monoisotopic (exact) mass is 250 g/mol. The van der Waals surface area contributed by atoms with E-state index in [0.29, 0.717) is 6.61 Å². The van der Waals surface area contributed by atoms with Gasteiger partial charge in [0.05, 0.1) is 12.5 Å². The van der Waals surface area contributed by atoms with Crippen LogP contribution in [0.3, 0.4) is 0 Å². The van der Waals surface area contributed by atoms with Crippen LogP contribution in [0.5, 0.6) is 0 Å². The summed E-state index contributed by atoms with van der Waals surface area (Å²) in [5.41, 5.74) is -0.450. The van der Waals surface area contributed by atoms with Crippen LogP contribution in [-0.4, -0.2) is 17.7 Å². The second-order valence-electron chi connectivity index (χ2n) is 4.82. The minimum absolute atomic E-state index is 0.0840. The molecule has 0 aliphatic heterocycles. The Labute approximate surface area is 109 Å². The second-order valence-corrected chi connectivity index (χ2v) is 4.82. The lowest BCUT2D eigenvalue weighted by Crippen LogP contribution is -2.43. The molecule has 0 aliphatic carbocycles. The molecule has 0 saturated carbocycles. The normalized spacial score (nSPS) is 16.1. The summed E-state index contributed by atoms with van der Waals surface area (Å²) in [4.78, 5) is 11.9. The third-order valence-electron chi connectivity index (χ3n) is 3.42. The molecule has 0 bridgehead atoms. The molecular formula is C15H22O3. The molecule has 1 aromatic carbocycles. The first-order valence-electron chi connectivity index (χ1n) is 6.39. The second kappa shape index (κ2) is 6.01. The zero-order valence-corrected chi connectivity index (χ0v) is 11.5. The minimum atomic E-state index is -1.20. The molecule has 1 rings (SSSR count). The maximum atomic E-state index is 11.9. The van der Waals surface area contributed by atoms with Gasteiger partial charge in [-0.15, -0.1) is 0 Å². The zero-order chi connectivity index (χ0) is 13.8. The average molecular weight is 250 g/mol. The van der Waals surface area contributed by atoms with E-state index in [1.54, 1.807) is 13.8 Å². The van der Waals surface area contributed by atoms with E-state index < -0.39 is 11.5 Å². The van der Waals surface area contributed by atoms with Crippen LogP contribution in [0.15, 0.2) is 30.3 Å². The lowest BCUT2D eigenvalue weighted by Gasteiger charge is -2.37. The van der Waals surface area contributed by atoms with E-state index in [-0.39, 0.29) is 11.9 Å². The van der Waals surface area contributed by atoms with Crippen molar-refractivity contribution in [2.45, 2.75) is 33.3 Å². The Balaban J connectivity index is 3.12. The first kappa shape index (κ1) is 14.7. The minimum Gasteiger partial charge on any atom is -0.466 e. The molecule has 0 aliphatic rings. The van der Waals surface area contributed by atoms with Crippen molar-refractivity contribution in [3.63, 3.8) is 0 Å². The summed E-state index contributed by atoms with van der Waals surface area (Å²) in [6.45, 7) is 7.62. The third kappa shape index (κ3) is 2.72. The molecule has 0 unspecified atom stereocenters. The number of carbonyl (C=O) groups excluding carboxylic acids is 1. The highest BCUT2D eigenvalue weighted by atomic mass is 16.5. The Morgan fingerprint density at radius 3 is 2.28 bits per heavy atom. The first-order valence-corrected chi connectivity index (χ1v) is 6.39. The molecule has 100 valence electrons. The van der Waals surface area contributed by atoms with Crippen LogP contribution in [0, 0.1) is 11.8 Å². The van der Waals surface area contributed by atoms with Gasteiger partial charge >= 0.3 is 5.97 Å². The predicted octanol–water partition coefficient (Wildman–Crippen LogP) is 2.73. The Morgan fingerprint density at radius 2 is 1.83 bits per heavy atom. The van der Waals surface area contributed by atoms with Gasteiger partial charge in [0.25, 0.3) is 0 Å². The fourth-order valence-electron chi connectivity index (χ4n) is 2.24. The van der Waals surface area contributed by atoms with Gasteiger partial charge in [0.1, 0.15) is 5.60 Å². The molecule has 0 aromatic heterocycles. The molecule has 18 heavy (non-hydrogen) atoms. The molecule has 1 aromatic rings. The molecule has 0 spiro atoms. The summed E-state index contributed by atoms with van der Waals surface area (Å²) in [5.74, 6) is -1.04. The van der Waals surface area contributed by atoms with E-state index in [0.717, 1.165) is 5.56 Å². The van der Waals surface area contributed by atoms with Crippen molar-refractivity contribution >= 4 is 5.97 Å². The van der Waals surface area contributed by atoms with Crippen molar-refractivity contribution in [2.75, 3.05) is 6.61 Å². The summed E-state index contributed by atoms with van der Waals surface area (Å²) in [6, 6.07) is 9.30. The lowest BCUT2D eigenvalue weighted by molar-refractivity contribution is -0.162. The summed E-state index contributed by atoms with van der Waals surface area (Å²) in [6.07, 6.45) is 0. The topological polar surface area (TPSA) is 46.5 Å². The van der Waals surface area contributed by atoms with Crippen LogP contribution in [0.4, 0.5) is 0 Å². The number of ether oxygens (including phenoxy) is 1. The van der Waals surface area contributed by atoms with Crippen molar-refractivity contribution < 1.29 is 14.6 Å². The van der Waals surface area contributed by atoms with Crippen molar-refractivity contribution in [1.82, 2.24) is 0 Å². The molecule has 0 fully saturated rings. The van der Waals surface area contributed by atoms with Crippen LogP contribution in [0.1, 0.15) is 33.3 Å². The largest absolute Gasteiger partial charge is 0.466 e. The molecule has 0 heterocycles. The standard InChI is InChI=1S/C15H22O3/c1-5-18-14(16)12(4)15(17,11(2)3)13-9-7-6-8-10-13/h6-12,17H,5H2,1-4H3/t12-,15+/m0/s1. The van der Waals surface area contributed by atoms with Gasteiger partial charge in [-0.05, 0) is 25.3 Å². The highest BCUT2D eigenvalue weighted by Gasteiger charge is 2.43. The average Bonchev–Trinajstić information content (AvgIpc) is 2.38. The van der Waals surface area contributed by atoms with Gasteiger partial charge < -0.3 is 9.84 Å². The van der Waals surface area contributed by atoms with E-state index in [9.17, 15) is 9.90 Å². The molecule has 2 atom stereocenters. The Kier molecular flexibility index (Phi) is 4.91. The number of benzene rings is 1. The summed E-state index contributed by atoms with van der Waals surface area (Å²) >= 11 is 0. The van der Waals surface area contributed by atoms with Crippen molar-refractivity contribution in [2.24, 2.45) is 11.8 Å². The highest BCUT2D eigenvalue weighted by Crippen LogP contribution is 2.37. The van der Waals surface area contributed by atoms with Gasteiger partial charge in [0.2, 0.25) is 0 Å². The summed E-state index contributed by atoms with van der Waals surface area (Å²) in [7, 11) is 0. The van der Waals surface area contributed by atoms with Crippen LogP contribution >= 0.6 is 0 Å². The molecule has 3 heteroatoms. The van der Waals surface area contributed by atoms with Crippen molar-refractivity contribution in [1.29, 1.82) is 0 Å². The maximum Gasteiger partial charge on any atom is 0.311 e. The number of rotatable bonds is 5. The predicted molar refractivity (Wildman–Crippen MR) is 71.0 cm³/mol. The summed E-state index contributed by atoms with van der Waals surface area (Å²) in [5, 5.41) is 10.9. The quantitative estimate of drug-likeness (QED) is 0.817. The molecule has 1 N–H and O–H groups in total. The number of carbonyl (C=O) groups is 1. The van der Waals surface area contributed by atoms with E-state index in [1.165, 1.54) is 0 Å². The highest BCUT2D eigenvalue weighted by molar-refractivity contribution is 5.74. The molecule has 0 amide bonds. The summed E-state index contributed by atoms with van der Waals surface area (Å²) < 4.78 is 5.02. The van der Waals surface area contributed by atoms with Gasteiger partial charge in [-0.1, -0.05) is 44.2 Å². The Bertz CT molecular complexity index is 386. The first-order chi connectivity index (χ1) is 8.44. The fraction of sp³-hybridized carbons (Fsp3) is 0.533. The molecule has 0 radical (unpaired) electrons. The number of esters is 1. The van der Waals surface area contributed by atoms with Gasteiger partial charge in [0.15, 0.2) is 0 Å². The van der Waals surface area contributed by atoms with Gasteiger partial charge in [-0.3, -0.25) is 4.79 Å². The van der Waals surface area contributed by atoms with Crippen molar-refractivity contribution in [3.05, 3.63) is 35.9 Å². The smallest absolute Gasteiger partial charge is 0.311 e. The zero-order valence-electron chi connectivity index (χ0n) is 11.5. The number of aliphatic hydroxyl groups is 1. The van der Waals surface area contributed by atoms with Crippen LogP contribution in [0.2, 0.25) is 0 Å². The third-order valence-corrected chi connectivity index (χ3v) is 3.42. The van der Waals surface area contributed by atoms with E-state index in [1.807, 2.05) is 44.2 Å². The molecular weight excluding hydrogens is 228 g/mol. The van der Waals surface area contributed by atoms with E-state index in [4.69, 9.17) is 4.74 Å². The molecule has 3 nitrogen and oxygen atoms in total. The van der Waals surface area contributed by atoms with E-state index in [2.05, 4.69) is 0 Å². The SMILES string of the molecule is CCOC(=O)[C@H](C)[C@@](O)(c1ccccc1)C(C)C. The van der Waals surface area contributed by atoms with Crippen LogP contribution in [-0.2, 0) is 15.1 Å². The van der Waals surface area contributed by atoms with Gasteiger partial charge in [-0.25, -0.2) is 0 Å². The number of hydrogen-bond acceptors (Lipinski definition) is 3. The lowest BCUT2D eigenvalue weighted by atomic mass is 9.74. The van der Waals surface area contributed by atoms with E-state index >= 15 is 0 Å². The maximum absolute atomic E-state index is 11.9. The van der Waals surface area contributed by atoms with Crippen molar-refractivity contribution in [3.8, 4) is 0 Å². The Hall–Kier alpha value is -1.35. The van der Waals surface area contributed by atoms with Crippen LogP contribution in [0.25, 0.3) is 0 Å². The van der Waals surface area contributed by atoms with Gasteiger partial charge in [0, 0.05) is 0 Å². The van der Waals surface area contributed by atoms with Crippen LogP contribution < -0.4 is 0 Å². The molecule has 0 saturated heterocycles.